The summed E-state index contributed by atoms with van der Waals surface area (Å²) in [7, 11) is 1.30. The lowest BCUT2D eigenvalue weighted by molar-refractivity contribution is 0.0590. The van der Waals surface area contributed by atoms with Crippen molar-refractivity contribution in [3.63, 3.8) is 0 Å². The molecule has 0 N–H and O–H groups in total. The smallest absolute Gasteiger partial charge is 0.354 e. The second-order valence-electron chi connectivity index (χ2n) is 4.87. The van der Waals surface area contributed by atoms with Gasteiger partial charge >= 0.3 is 5.97 Å². The zero-order chi connectivity index (χ0) is 14.9. The molecule has 0 amide bonds. The van der Waals surface area contributed by atoms with E-state index in [1.54, 1.807) is 7.05 Å². The molecule has 112 valence electrons. The van der Waals surface area contributed by atoms with Crippen molar-refractivity contribution in [1.82, 2.24) is 13.8 Å². The van der Waals surface area contributed by atoms with E-state index in [-0.39, 0.29) is 10.6 Å². The van der Waals surface area contributed by atoms with Crippen LogP contribution < -0.4 is 0 Å². The number of carbonyl (C=O) groups excluding carboxylic acids is 1. The number of sulfonamides is 1. The third kappa shape index (κ3) is 2.72. The number of nitrogens with zero attached hydrogens (tertiary/aromatic N) is 3. The number of hydrogen-bond acceptors (Lipinski definition) is 5. The summed E-state index contributed by atoms with van der Waals surface area (Å²) in [5.41, 5.74) is 0.222. The predicted molar refractivity (Wildman–Crippen MR) is 73.0 cm³/mol. The number of piperazine rings is 1. The van der Waals surface area contributed by atoms with Gasteiger partial charge in [-0.15, -0.1) is 0 Å². The van der Waals surface area contributed by atoms with E-state index < -0.39 is 16.0 Å². The minimum absolute atomic E-state index is 0.130. The molecule has 1 saturated heterocycles. The summed E-state index contributed by atoms with van der Waals surface area (Å²) in [6.07, 6.45) is 1.44. The van der Waals surface area contributed by atoms with Crippen LogP contribution in [0.25, 0.3) is 0 Å². The third-order valence-corrected chi connectivity index (χ3v) is 5.34. The second-order valence-corrected chi connectivity index (χ2v) is 6.81. The number of methoxy groups -OCH3 is 1. The average molecular weight is 301 g/mol. The molecule has 1 fully saturated rings. The second kappa shape index (κ2) is 5.55. The van der Waals surface area contributed by atoms with Crippen molar-refractivity contribution < 1.29 is 17.9 Å². The Labute approximate surface area is 118 Å². The molecule has 1 aromatic rings. The fourth-order valence-electron chi connectivity index (χ4n) is 2.16. The van der Waals surface area contributed by atoms with Gasteiger partial charge in [-0.05, 0) is 13.1 Å². The molecule has 7 nitrogen and oxygen atoms in total. The maximum Gasteiger partial charge on any atom is 0.354 e. The first-order valence-electron chi connectivity index (χ1n) is 6.29. The van der Waals surface area contributed by atoms with Gasteiger partial charge in [0.2, 0.25) is 10.0 Å². The summed E-state index contributed by atoms with van der Waals surface area (Å²) in [6, 6.07) is 1.36. The first kappa shape index (κ1) is 15.0. The number of ether oxygens (including phenoxy) is 1. The summed E-state index contributed by atoms with van der Waals surface area (Å²) >= 11 is 0. The van der Waals surface area contributed by atoms with E-state index in [1.165, 1.54) is 28.2 Å². The number of esters is 1. The highest BCUT2D eigenvalue weighted by Crippen LogP contribution is 2.20. The van der Waals surface area contributed by atoms with E-state index in [1.807, 2.05) is 7.05 Å². The van der Waals surface area contributed by atoms with Gasteiger partial charge in [0, 0.05) is 39.4 Å². The Hall–Kier alpha value is -1.38. The number of aryl methyl sites for hydroxylation is 1. The zero-order valence-electron chi connectivity index (χ0n) is 11.9. The minimum atomic E-state index is -3.55. The molecule has 1 aromatic heterocycles. The number of hydrogen-bond donors (Lipinski definition) is 0. The maximum absolute atomic E-state index is 12.5. The molecule has 1 aliphatic rings. The van der Waals surface area contributed by atoms with Gasteiger partial charge in [-0.1, -0.05) is 0 Å². The first-order valence-corrected chi connectivity index (χ1v) is 7.73. The lowest BCUT2D eigenvalue weighted by atomic mass is 10.4. The molecule has 0 atom stereocenters. The molecule has 0 aliphatic carbocycles. The van der Waals surface area contributed by atoms with Crippen LogP contribution >= 0.6 is 0 Å². The molecular weight excluding hydrogens is 282 g/mol. The highest BCUT2D eigenvalue weighted by Gasteiger charge is 2.29. The van der Waals surface area contributed by atoms with Crippen LogP contribution in [0.1, 0.15) is 10.5 Å². The summed E-state index contributed by atoms with van der Waals surface area (Å²) in [5.74, 6) is -0.549. The Morgan fingerprint density at radius 3 is 2.35 bits per heavy atom. The van der Waals surface area contributed by atoms with E-state index in [0.717, 1.165) is 0 Å². The largest absolute Gasteiger partial charge is 0.464 e. The lowest BCUT2D eigenvalue weighted by Gasteiger charge is -2.31. The summed E-state index contributed by atoms with van der Waals surface area (Å²) in [5, 5.41) is 0. The maximum atomic E-state index is 12.5. The van der Waals surface area contributed by atoms with E-state index in [4.69, 9.17) is 0 Å². The summed E-state index contributed by atoms with van der Waals surface area (Å²) in [4.78, 5) is 13.7. The van der Waals surface area contributed by atoms with Gasteiger partial charge in [0.05, 0.1) is 7.11 Å². The number of likely N-dealkylation sites (N-methyl/N-ethyl adjacent to an activating group) is 1. The van der Waals surface area contributed by atoms with Gasteiger partial charge in [0.25, 0.3) is 0 Å². The molecule has 2 rings (SSSR count). The molecule has 0 aromatic carbocycles. The third-order valence-electron chi connectivity index (χ3n) is 3.47. The van der Waals surface area contributed by atoms with Crippen LogP contribution in [0.2, 0.25) is 0 Å². The number of rotatable bonds is 3. The fraction of sp³-hybridized carbons (Fsp3) is 0.583. The van der Waals surface area contributed by atoms with Gasteiger partial charge in [0.15, 0.2) is 0 Å². The van der Waals surface area contributed by atoms with Crippen LogP contribution in [0.3, 0.4) is 0 Å². The molecule has 1 aliphatic heterocycles. The quantitative estimate of drug-likeness (QED) is 0.720. The van der Waals surface area contributed by atoms with E-state index in [9.17, 15) is 13.2 Å². The molecule has 8 heteroatoms. The van der Waals surface area contributed by atoms with Crippen molar-refractivity contribution in [2.45, 2.75) is 4.90 Å². The van der Waals surface area contributed by atoms with E-state index in [2.05, 4.69) is 9.64 Å². The first-order chi connectivity index (χ1) is 9.36. The molecular formula is C12H19N3O4S. The Bertz CT molecular complexity index is 600. The van der Waals surface area contributed by atoms with Crippen LogP contribution in [0, 0.1) is 0 Å². The fourth-order valence-corrected chi connectivity index (χ4v) is 3.65. The Kier molecular flexibility index (Phi) is 4.17. The normalized spacial score (nSPS) is 18.1. The number of aromatic nitrogens is 1. The zero-order valence-corrected chi connectivity index (χ0v) is 12.7. The van der Waals surface area contributed by atoms with Gasteiger partial charge in [-0.25, -0.2) is 13.2 Å². The van der Waals surface area contributed by atoms with Crippen molar-refractivity contribution >= 4 is 16.0 Å². The SMILES string of the molecule is COC(=O)c1cc(S(=O)(=O)N2CCN(C)CC2)cn1C. The Morgan fingerprint density at radius 2 is 1.80 bits per heavy atom. The minimum Gasteiger partial charge on any atom is -0.464 e. The van der Waals surface area contributed by atoms with E-state index >= 15 is 0 Å². The van der Waals surface area contributed by atoms with Crippen molar-refractivity contribution in [2.24, 2.45) is 7.05 Å². The van der Waals surface area contributed by atoms with Crippen LogP contribution in [-0.2, 0) is 21.8 Å². The topological polar surface area (TPSA) is 71.8 Å². The molecule has 0 bridgehead atoms. The van der Waals surface area contributed by atoms with Gasteiger partial charge in [0.1, 0.15) is 10.6 Å². The van der Waals surface area contributed by atoms with Crippen LogP contribution in [0.5, 0.6) is 0 Å². The number of carbonyl (C=O) groups is 1. The van der Waals surface area contributed by atoms with Gasteiger partial charge < -0.3 is 14.2 Å². The van der Waals surface area contributed by atoms with Crippen molar-refractivity contribution in [3.8, 4) is 0 Å². The van der Waals surface area contributed by atoms with Crippen molar-refractivity contribution in [3.05, 3.63) is 18.0 Å². The highest BCUT2D eigenvalue weighted by molar-refractivity contribution is 7.89. The monoisotopic (exact) mass is 301 g/mol. The van der Waals surface area contributed by atoms with Gasteiger partial charge in [-0.2, -0.15) is 4.31 Å². The summed E-state index contributed by atoms with van der Waals surface area (Å²) in [6.45, 7) is 2.33. The predicted octanol–water partition coefficient (Wildman–Crippen LogP) is -0.252. The van der Waals surface area contributed by atoms with Crippen molar-refractivity contribution in [1.29, 1.82) is 0 Å². The molecule has 0 unspecified atom stereocenters. The molecule has 0 radical (unpaired) electrons. The molecule has 20 heavy (non-hydrogen) atoms. The van der Waals surface area contributed by atoms with E-state index in [0.29, 0.717) is 26.2 Å². The van der Waals surface area contributed by atoms with Gasteiger partial charge in [-0.3, -0.25) is 0 Å². The van der Waals surface area contributed by atoms with Crippen molar-refractivity contribution in [2.75, 3.05) is 40.3 Å². The standard InChI is InChI=1S/C12H19N3O4S/c1-13-4-6-15(7-5-13)20(17,18)10-8-11(12(16)19-3)14(2)9-10/h8-9H,4-7H2,1-3H3. The Morgan fingerprint density at radius 1 is 1.20 bits per heavy atom. The average Bonchev–Trinajstić information content (AvgIpc) is 2.81. The van der Waals surface area contributed by atoms with Crippen LogP contribution in [-0.4, -0.2) is 68.5 Å². The molecule has 2 heterocycles. The molecule has 0 spiro atoms. The highest BCUT2D eigenvalue weighted by atomic mass is 32.2. The Balaban J connectivity index is 2.28. The van der Waals surface area contributed by atoms with Crippen LogP contribution in [0.4, 0.5) is 0 Å². The summed E-state index contributed by atoms with van der Waals surface area (Å²) < 4.78 is 32.6. The lowest BCUT2D eigenvalue weighted by Crippen LogP contribution is -2.46. The van der Waals surface area contributed by atoms with Crippen LogP contribution in [0.15, 0.2) is 17.2 Å². The molecule has 0 saturated carbocycles.